The van der Waals surface area contributed by atoms with Crippen molar-refractivity contribution in [2.45, 2.75) is 6.42 Å². The van der Waals surface area contributed by atoms with Crippen LogP contribution in [0.4, 0.5) is 0 Å². The molecular weight excluding hydrogens is 188 g/mol. The molecular formula is C8H12N2S2. The molecule has 1 rings (SSSR count). The molecule has 2 nitrogen and oxygen atoms in total. The summed E-state index contributed by atoms with van der Waals surface area (Å²) in [6.45, 7) is 0.903. The van der Waals surface area contributed by atoms with E-state index in [1.54, 1.807) is 11.3 Å². The second-order valence-electron chi connectivity index (χ2n) is 2.34. The summed E-state index contributed by atoms with van der Waals surface area (Å²) >= 11 is 6.71. The van der Waals surface area contributed by atoms with E-state index >= 15 is 0 Å². The number of rotatable bonds is 3. The van der Waals surface area contributed by atoms with Crippen LogP contribution in [0.3, 0.4) is 0 Å². The van der Waals surface area contributed by atoms with Gasteiger partial charge in [0, 0.05) is 18.5 Å². The first kappa shape index (κ1) is 9.48. The van der Waals surface area contributed by atoms with Crippen LogP contribution in [0.25, 0.3) is 0 Å². The van der Waals surface area contributed by atoms with Crippen LogP contribution in [0, 0.1) is 0 Å². The van der Waals surface area contributed by atoms with E-state index in [9.17, 15) is 0 Å². The Bertz CT molecular complexity index is 231. The number of thiophene rings is 1. The number of thiocarbonyl (C=S) groups is 1. The lowest BCUT2D eigenvalue weighted by molar-refractivity contribution is 0.861. The lowest BCUT2D eigenvalue weighted by atomic mass is 10.3. The van der Waals surface area contributed by atoms with Gasteiger partial charge in [-0.15, -0.1) is 11.3 Å². The Labute approximate surface area is 82.0 Å². The molecule has 0 spiro atoms. The van der Waals surface area contributed by atoms with Crippen LogP contribution < -0.4 is 10.6 Å². The van der Waals surface area contributed by atoms with Crippen molar-refractivity contribution in [3.8, 4) is 0 Å². The maximum Gasteiger partial charge on any atom is 0.166 e. The minimum Gasteiger partial charge on any atom is -0.366 e. The average molecular weight is 200 g/mol. The summed E-state index contributed by atoms with van der Waals surface area (Å²) in [7, 11) is 1.82. The normalized spacial score (nSPS) is 9.42. The summed E-state index contributed by atoms with van der Waals surface area (Å²) < 4.78 is 0. The van der Waals surface area contributed by atoms with Crippen LogP contribution in [0.2, 0.25) is 0 Å². The van der Waals surface area contributed by atoms with Crippen molar-refractivity contribution >= 4 is 28.7 Å². The molecule has 1 heterocycles. The van der Waals surface area contributed by atoms with Crippen molar-refractivity contribution in [1.82, 2.24) is 10.6 Å². The number of hydrogen-bond donors (Lipinski definition) is 2. The molecule has 0 radical (unpaired) electrons. The number of hydrogen-bond acceptors (Lipinski definition) is 2. The fourth-order valence-electron chi connectivity index (χ4n) is 0.842. The van der Waals surface area contributed by atoms with Crippen LogP contribution in [0.1, 0.15) is 4.88 Å². The quantitative estimate of drug-likeness (QED) is 0.721. The Morgan fingerprint density at radius 3 is 3.08 bits per heavy atom. The molecule has 0 fully saturated rings. The van der Waals surface area contributed by atoms with Gasteiger partial charge >= 0.3 is 0 Å². The number of nitrogens with one attached hydrogen (secondary N) is 2. The Morgan fingerprint density at radius 1 is 1.67 bits per heavy atom. The van der Waals surface area contributed by atoms with E-state index in [1.807, 2.05) is 7.05 Å². The summed E-state index contributed by atoms with van der Waals surface area (Å²) in [6.07, 6.45) is 1.04. The Kier molecular flexibility index (Phi) is 4.04. The third kappa shape index (κ3) is 3.19. The fourth-order valence-corrected chi connectivity index (χ4v) is 1.65. The molecule has 66 valence electrons. The predicted octanol–water partition coefficient (Wildman–Crippen LogP) is 1.38. The molecule has 0 aromatic carbocycles. The highest BCUT2D eigenvalue weighted by Crippen LogP contribution is 2.07. The summed E-state index contributed by atoms with van der Waals surface area (Å²) in [6, 6.07) is 4.20. The van der Waals surface area contributed by atoms with Gasteiger partial charge in [0.05, 0.1) is 0 Å². The molecule has 0 unspecified atom stereocenters. The van der Waals surface area contributed by atoms with Crippen molar-refractivity contribution < 1.29 is 0 Å². The van der Waals surface area contributed by atoms with Crippen molar-refractivity contribution in [2.24, 2.45) is 0 Å². The van der Waals surface area contributed by atoms with Gasteiger partial charge in [-0.1, -0.05) is 6.07 Å². The third-order valence-electron chi connectivity index (χ3n) is 1.46. The second-order valence-corrected chi connectivity index (χ2v) is 3.78. The van der Waals surface area contributed by atoms with Crippen molar-refractivity contribution in [3.05, 3.63) is 22.4 Å². The largest absolute Gasteiger partial charge is 0.366 e. The highest BCUT2D eigenvalue weighted by Gasteiger charge is 1.93. The summed E-state index contributed by atoms with van der Waals surface area (Å²) in [4.78, 5) is 1.39. The van der Waals surface area contributed by atoms with Crippen LogP contribution in [0.5, 0.6) is 0 Å². The minimum absolute atomic E-state index is 0.714. The van der Waals surface area contributed by atoms with Gasteiger partial charge in [0.2, 0.25) is 0 Å². The fraction of sp³-hybridized carbons (Fsp3) is 0.375. The second kappa shape index (κ2) is 5.11. The molecule has 0 bridgehead atoms. The van der Waals surface area contributed by atoms with Gasteiger partial charge in [-0.05, 0) is 30.1 Å². The van der Waals surface area contributed by atoms with Gasteiger partial charge in [0.15, 0.2) is 5.11 Å². The highest BCUT2D eigenvalue weighted by atomic mass is 32.1. The summed E-state index contributed by atoms with van der Waals surface area (Å²) in [5.74, 6) is 0. The molecule has 4 heteroatoms. The van der Waals surface area contributed by atoms with Crippen LogP contribution in [-0.4, -0.2) is 18.7 Å². The zero-order valence-electron chi connectivity index (χ0n) is 6.96. The molecule has 0 saturated heterocycles. The Morgan fingerprint density at radius 2 is 2.50 bits per heavy atom. The van der Waals surface area contributed by atoms with E-state index < -0.39 is 0 Å². The molecule has 0 aliphatic carbocycles. The van der Waals surface area contributed by atoms with Crippen LogP contribution in [-0.2, 0) is 6.42 Å². The predicted molar refractivity (Wildman–Crippen MR) is 57.7 cm³/mol. The van der Waals surface area contributed by atoms with E-state index in [0.29, 0.717) is 5.11 Å². The van der Waals surface area contributed by atoms with Gasteiger partial charge in [0.1, 0.15) is 0 Å². The van der Waals surface area contributed by atoms with Crippen LogP contribution in [0.15, 0.2) is 17.5 Å². The third-order valence-corrected chi connectivity index (χ3v) is 2.75. The topological polar surface area (TPSA) is 24.1 Å². The van der Waals surface area contributed by atoms with E-state index in [4.69, 9.17) is 12.2 Å². The Hall–Kier alpha value is -0.610. The zero-order chi connectivity index (χ0) is 8.81. The maximum atomic E-state index is 4.93. The lowest BCUT2D eigenvalue weighted by Crippen LogP contribution is -2.33. The molecule has 12 heavy (non-hydrogen) atoms. The van der Waals surface area contributed by atoms with E-state index in [1.165, 1.54) is 4.88 Å². The van der Waals surface area contributed by atoms with E-state index in [0.717, 1.165) is 13.0 Å². The molecule has 0 amide bonds. The molecule has 2 N–H and O–H groups in total. The van der Waals surface area contributed by atoms with Gasteiger partial charge in [0.25, 0.3) is 0 Å². The average Bonchev–Trinajstić information content (AvgIpc) is 2.57. The van der Waals surface area contributed by atoms with Gasteiger partial charge in [-0.3, -0.25) is 0 Å². The standard InChI is InChI=1S/C8H12N2S2/c1-9-8(11)10-5-4-7-3-2-6-12-7/h2-3,6H,4-5H2,1H3,(H2,9,10,11). The first-order valence-electron chi connectivity index (χ1n) is 3.81. The molecule has 1 aromatic rings. The molecule has 0 saturated carbocycles. The summed E-state index contributed by atoms with van der Waals surface area (Å²) in [5.41, 5.74) is 0. The molecule has 0 aliphatic heterocycles. The maximum absolute atomic E-state index is 4.93. The molecule has 0 aliphatic rings. The van der Waals surface area contributed by atoms with Crippen molar-refractivity contribution in [1.29, 1.82) is 0 Å². The van der Waals surface area contributed by atoms with Crippen molar-refractivity contribution in [3.63, 3.8) is 0 Å². The first-order chi connectivity index (χ1) is 5.83. The first-order valence-corrected chi connectivity index (χ1v) is 5.09. The van der Waals surface area contributed by atoms with Gasteiger partial charge in [-0.2, -0.15) is 0 Å². The molecule has 1 aromatic heterocycles. The van der Waals surface area contributed by atoms with E-state index in [2.05, 4.69) is 28.1 Å². The zero-order valence-corrected chi connectivity index (χ0v) is 8.60. The van der Waals surface area contributed by atoms with E-state index in [-0.39, 0.29) is 0 Å². The van der Waals surface area contributed by atoms with Crippen LogP contribution >= 0.6 is 23.6 Å². The molecule has 0 atom stereocenters. The monoisotopic (exact) mass is 200 g/mol. The van der Waals surface area contributed by atoms with Crippen molar-refractivity contribution in [2.75, 3.05) is 13.6 Å². The smallest absolute Gasteiger partial charge is 0.166 e. The Balaban J connectivity index is 2.15. The summed E-state index contributed by atoms with van der Waals surface area (Å²) in [5, 5.41) is 8.77. The van der Waals surface area contributed by atoms with Gasteiger partial charge in [-0.25, -0.2) is 0 Å². The van der Waals surface area contributed by atoms with Gasteiger partial charge < -0.3 is 10.6 Å². The minimum atomic E-state index is 0.714. The highest BCUT2D eigenvalue weighted by molar-refractivity contribution is 7.80. The SMILES string of the molecule is CNC(=S)NCCc1cccs1. The lowest BCUT2D eigenvalue weighted by Gasteiger charge is -2.04.